The number of aliphatic hydroxyl groups is 2. The van der Waals surface area contributed by atoms with Gasteiger partial charge >= 0.3 is 0 Å². The molecule has 0 aliphatic carbocycles. The molecule has 100 valence electrons. The van der Waals surface area contributed by atoms with E-state index in [0.717, 1.165) is 37.1 Å². The van der Waals surface area contributed by atoms with E-state index in [2.05, 4.69) is 4.90 Å². The van der Waals surface area contributed by atoms with E-state index in [1.807, 2.05) is 38.1 Å². The van der Waals surface area contributed by atoms with Crippen molar-refractivity contribution >= 4 is 5.69 Å². The maximum absolute atomic E-state index is 10.1. The minimum Gasteiger partial charge on any atom is -0.388 e. The highest BCUT2D eigenvalue weighted by Gasteiger charge is 2.28. The van der Waals surface area contributed by atoms with Gasteiger partial charge in [0.1, 0.15) is 0 Å². The van der Waals surface area contributed by atoms with E-state index in [1.165, 1.54) is 0 Å². The molecule has 18 heavy (non-hydrogen) atoms. The lowest BCUT2D eigenvalue weighted by molar-refractivity contribution is 0.0449. The van der Waals surface area contributed by atoms with Crippen molar-refractivity contribution in [3.63, 3.8) is 0 Å². The molecule has 0 radical (unpaired) electrons. The predicted molar refractivity (Wildman–Crippen MR) is 73.8 cm³/mol. The molecular formula is C15H23NO2. The van der Waals surface area contributed by atoms with Crippen molar-refractivity contribution < 1.29 is 10.2 Å². The van der Waals surface area contributed by atoms with E-state index >= 15 is 0 Å². The van der Waals surface area contributed by atoms with Crippen LogP contribution in [0, 0.1) is 0 Å². The standard InChI is InChI=1S/C15H23NO2/c1-3-14(17)12-5-7-13(8-6-12)16-10-4-9-15(2,18)11-16/h5-8,14,17-18H,3-4,9-11H2,1-2H3/t14-,15?/m1/s1. The molecule has 3 nitrogen and oxygen atoms in total. The van der Waals surface area contributed by atoms with Crippen LogP contribution in [-0.4, -0.2) is 28.9 Å². The summed E-state index contributed by atoms with van der Waals surface area (Å²) in [7, 11) is 0. The van der Waals surface area contributed by atoms with Crippen LogP contribution in [0.15, 0.2) is 24.3 Å². The first kappa shape index (κ1) is 13.4. The van der Waals surface area contributed by atoms with Gasteiger partial charge in [-0.05, 0) is 43.9 Å². The highest BCUT2D eigenvalue weighted by Crippen LogP contribution is 2.27. The first-order valence-corrected chi connectivity index (χ1v) is 6.77. The molecule has 1 aromatic carbocycles. The Morgan fingerprint density at radius 3 is 2.56 bits per heavy atom. The number of rotatable bonds is 3. The Morgan fingerprint density at radius 2 is 2.00 bits per heavy atom. The zero-order valence-electron chi connectivity index (χ0n) is 11.3. The molecule has 1 unspecified atom stereocenters. The number of nitrogens with zero attached hydrogens (tertiary/aromatic N) is 1. The van der Waals surface area contributed by atoms with E-state index in [1.54, 1.807) is 0 Å². The molecule has 1 aromatic rings. The molecule has 0 bridgehead atoms. The van der Waals surface area contributed by atoms with Crippen LogP contribution >= 0.6 is 0 Å². The van der Waals surface area contributed by atoms with Crippen molar-refractivity contribution in [2.24, 2.45) is 0 Å². The van der Waals surface area contributed by atoms with Crippen molar-refractivity contribution in [2.75, 3.05) is 18.0 Å². The maximum atomic E-state index is 10.1. The van der Waals surface area contributed by atoms with Crippen LogP contribution in [-0.2, 0) is 0 Å². The smallest absolute Gasteiger partial charge is 0.0794 e. The van der Waals surface area contributed by atoms with Crippen LogP contribution in [0.1, 0.15) is 44.8 Å². The number of hydrogen-bond acceptors (Lipinski definition) is 3. The molecule has 1 fully saturated rings. The number of benzene rings is 1. The largest absolute Gasteiger partial charge is 0.388 e. The average molecular weight is 249 g/mol. The number of aliphatic hydroxyl groups excluding tert-OH is 1. The molecule has 3 heteroatoms. The third-order valence-electron chi connectivity index (χ3n) is 3.70. The summed E-state index contributed by atoms with van der Waals surface area (Å²) in [6.07, 6.45) is 2.25. The van der Waals surface area contributed by atoms with E-state index in [9.17, 15) is 10.2 Å². The van der Waals surface area contributed by atoms with E-state index in [4.69, 9.17) is 0 Å². The quantitative estimate of drug-likeness (QED) is 0.865. The lowest BCUT2D eigenvalue weighted by atomic mass is 9.94. The Bertz CT molecular complexity index is 386. The highest BCUT2D eigenvalue weighted by molar-refractivity contribution is 5.48. The summed E-state index contributed by atoms with van der Waals surface area (Å²) in [6.45, 7) is 5.54. The van der Waals surface area contributed by atoms with Crippen molar-refractivity contribution in [3.05, 3.63) is 29.8 Å². The first-order valence-electron chi connectivity index (χ1n) is 6.77. The summed E-state index contributed by atoms with van der Waals surface area (Å²) in [5.74, 6) is 0. The molecule has 2 atom stereocenters. The number of anilines is 1. The van der Waals surface area contributed by atoms with Gasteiger partial charge in [-0.25, -0.2) is 0 Å². The van der Waals surface area contributed by atoms with E-state index in [0.29, 0.717) is 6.54 Å². The van der Waals surface area contributed by atoms with E-state index in [-0.39, 0.29) is 6.10 Å². The van der Waals surface area contributed by atoms with Gasteiger partial charge in [0.25, 0.3) is 0 Å². The predicted octanol–water partition coefficient (Wildman–Crippen LogP) is 2.48. The number of hydrogen-bond donors (Lipinski definition) is 2. The Kier molecular flexibility index (Phi) is 3.93. The Balaban J connectivity index is 2.09. The van der Waals surface area contributed by atoms with Crippen LogP contribution in [0.4, 0.5) is 5.69 Å². The van der Waals surface area contributed by atoms with Gasteiger partial charge in [-0.3, -0.25) is 0 Å². The van der Waals surface area contributed by atoms with E-state index < -0.39 is 5.60 Å². The van der Waals surface area contributed by atoms with Crippen molar-refractivity contribution in [2.45, 2.75) is 44.8 Å². The fourth-order valence-corrected chi connectivity index (χ4v) is 2.58. The van der Waals surface area contributed by atoms with Gasteiger partial charge in [-0.1, -0.05) is 19.1 Å². The molecule has 1 heterocycles. The highest BCUT2D eigenvalue weighted by atomic mass is 16.3. The molecule has 0 aromatic heterocycles. The van der Waals surface area contributed by atoms with Crippen LogP contribution in [0.5, 0.6) is 0 Å². The van der Waals surface area contributed by atoms with Crippen molar-refractivity contribution in [1.29, 1.82) is 0 Å². The third kappa shape index (κ3) is 3.03. The summed E-state index contributed by atoms with van der Waals surface area (Å²) >= 11 is 0. The van der Waals surface area contributed by atoms with Crippen LogP contribution in [0.3, 0.4) is 0 Å². The summed E-state index contributed by atoms with van der Waals surface area (Å²) in [5.41, 5.74) is 1.51. The average Bonchev–Trinajstić information content (AvgIpc) is 2.37. The fourth-order valence-electron chi connectivity index (χ4n) is 2.58. The second-order valence-corrected chi connectivity index (χ2v) is 5.54. The van der Waals surface area contributed by atoms with Gasteiger partial charge in [-0.2, -0.15) is 0 Å². The van der Waals surface area contributed by atoms with Gasteiger partial charge in [0.15, 0.2) is 0 Å². The summed E-state index contributed by atoms with van der Waals surface area (Å²) in [6, 6.07) is 8.03. The van der Waals surface area contributed by atoms with Gasteiger partial charge in [-0.15, -0.1) is 0 Å². The van der Waals surface area contributed by atoms with Crippen molar-refractivity contribution in [1.82, 2.24) is 0 Å². The second kappa shape index (κ2) is 5.29. The lowest BCUT2D eigenvalue weighted by Crippen LogP contribution is -2.46. The summed E-state index contributed by atoms with van der Waals surface area (Å²) in [4.78, 5) is 2.21. The summed E-state index contributed by atoms with van der Waals surface area (Å²) in [5, 5.41) is 19.9. The van der Waals surface area contributed by atoms with Crippen molar-refractivity contribution in [3.8, 4) is 0 Å². The lowest BCUT2D eigenvalue weighted by Gasteiger charge is -2.38. The van der Waals surface area contributed by atoms with Crippen LogP contribution in [0.2, 0.25) is 0 Å². The molecule has 0 amide bonds. The zero-order chi connectivity index (χ0) is 13.2. The molecule has 1 aliphatic heterocycles. The summed E-state index contributed by atoms with van der Waals surface area (Å²) < 4.78 is 0. The monoisotopic (exact) mass is 249 g/mol. The zero-order valence-corrected chi connectivity index (χ0v) is 11.3. The van der Waals surface area contributed by atoms with Gasteiger partial charge < -0.3 is 15.1 Å². The minimum atomic E-state index is -0.583. The number of piperidine rings is 1. The Morgan fingerprint density at radius 1 is 1.33 bits per heavy atom. The fraction of sp³-hybridized carbons (Fsp3) is 0.600. The van der Waals surface area contributed by atoms with Crippen LogP contribution < -0.4 is 4.90 Å². The molecule has 2 N–H and O–H groups in total. The molecule has 2 rings (SSSR count). The molecular weight excluding hydrogens is 226 g/mol. The third-order valence-corrected chi connectivity index (χ3v) is 3.70. The topological polar surface area (TPSA) is 43.7 Å². The van der Waals surface area contributed by atoms with Gasteiger partial charge in [0.2, 0.25) is 0 Å². The van der Waals surface area contributed by atoms with Gasteiger partial charge in [0.05, 0.1) is 11.7 Å². The van der Waals surface area contributed by atoms with Crippen LogP contribution in [0.25, 0.3) is 0 Å². The maximum Gasteiger partial charge on any atom is 0.0794 e. The minimum absolute atomic E-state index is 0.372. The van der Waals surface area contributed by atoms with Gasteiger partial charge in [0, 0.05) is 18.8 Å². The first-order chi connectivity index (χ1) is 8.52. The molecule has 0 saturated carbocycles. The second-order valence-electron chi connectivity index (χ2n) is 5.54. The number of β-amino-alcohol motifs (C(OH)–C–C–N with tert-alkyl or cyclic N) is 1. The Hall–Kier alpha value is -1.06. The molecule has 1 saturated heterocycles. The molecule has 0 spiro atoms. The molecule has 1 aliphatic rings. The normalized spacial score (nSPS) is 26.1. The SMILES string of the molecule is CC[C@@H](O)c1ccc(N2CCCC(C)(O)C2)cc1. The Labute approximate surface area is 109 Å².